The molecule has 2 aromatic rings. The molecule has 1 aromatic carbocycles. The summed E-state index contributed by atoms with van der Waals surface area (Å²) in [5.41, 5.74) is 2.04. The zero-order valence-corrected chi connectivity index (χ0v) is 15.8. The minimum absolute atomic E-state index is 0.0290. The second kappa shape index (κ2) is 8.85. The number of rotatable bonds is 6. The van der Waals surface area contributed by atoms with Crippen molar-refractivity contribution in [3.05, 3.63) is 48.3 Å². The van der Waals surface area contributed by atoms with Crippen molar-refractivity contribution in [2.45, 2.75) is 38.3 Å². The molecule has 0 spiro atoms. The molecule has 1 aliphatic rings. The second-order valence-electron chi connectivity index (χ2n) is 7.08. The molecule has 0 aliphatic carbocycles. The molecule has 0 bridgehead atoms. The third-order valence-corrected chi connectivity index (χ3v) is 5.24. The van der Waals surface area contributed by atoms with Crippen LogP contribution in [0.3, 0.4) is 0 Å². The van der Waals surface area contributed by atoms with Crippen molar-refractivity contribution < 1.29 is 4.79 Å². The first kappa shape index (κ1) is 18.5. The number of hydrogen-bond donors (Lipinski definition) is 1. The Hall–Kier alpha value is -2.34. The van der Waals surface area contributed by atoms with Crippen LogP contribution in [-0.2, 0) is 6.54 Å². The van der Waals surface area contributed by atoms with Gasteiger partial charge in [-0.05, 0) is 50.6 Å². The lowest BCUT2D eigenvalue weighted by molar-refractivity contribution is 0.160. The Kier molecular flexibility index (Phi) is 6.28. The highest BCUT2D eigenvalue weighted by atomic mass is 16.2. The molecular weight excluding hydrogens is 326 g/mol. The quantitative estimate of drug-likeness (QED) is 0.867. The number of nitrogens with one attached hydrogen (secondary N) is 1. The molecule has 1 atom stereocenters. The maximum atomic E-state index is 12.4. The fraction of sp³-hybridized carbons (Fsp3) is 0.500. The van der Waals surface area contributed by atoms with Crippen molar-refractivity contribution in [2.75, 3.05) is 27.2 Å². The van der Waals surface area contributed by atoms with Gasteiger partial charge < -0.3 is 15.1 Å². The molecule has 0 saturated carbocycles. The molecule has 6 nitrogen and oxygen atoms in total. The number of hydrogen-bond acceptors (Lipinski definition) is 3. The zero-order chi connectivity index (χ0) is 18.4. The Balaban J connectivity index is 1.51. The van der Waals surface area contributed by atoms with Crippen molar-refractivity contribution in [2.24, 2.45) is 0 Å². The van der Waals surface area contributed by atoms with E-state index in [4.69, 9.17) is 0 Å². The van der Waals surface area contributed by atoms with E-state index in [1.165, 1.54) is 25.8 Å². The van der Waals surface area contributed by atoms with Gasteiger partial charge in [-0.15, -0.1) is 0 Å². The molecule has 2 heterocycles. The average molecular weight is 355 g/mol. The van der Waals surface area contributed by atoms with Crippen molar-refractivity contribution in [3.63, 3.8) is 0 Å². The Morgan fingerprint density at radius 3 is 2.92 bits per heavy atom. The van der Waals surface area contributed by atoms with Crippen LogP contribution >= 0.6 is 0 Å². The number of para-hydroxylation sites is 1. The minimum Gasteiger partial charge on any atom is -0.334 e. The molecule has 1 N–H and O–H groups in total. The van der Waals surface area contributed by atoms with Crippen LogP contribution in [0.15, 0.2) is 42.7 Å². The molecule has 1 saturated heterocycles. The first-order valence-corrected chi connectivity index (χ1v) is 9.42. The van der Waals surface area contributed by atoms with Crippen molar-refractivity contribution in [1.82, 2.24) is 24.9 Å². The molecule has 1 unspecified atom stereocenters. The van der Waals surface area contributed by atoms with Crippen LogP contribution in [0, 0.1) is 0 Å². The number of urea groups is 1. The van der Waals surface area contributed by atoms with Gasteiger partial charge in [0, 0.05) is 38.6 Å². The topological polar surface area (TPSA) is 53.4 Å². The summed E-state index contributed by atoms with van der Waals surface area (Å²) in [4.78, 5) is 16.7. The summed E-state index contributed by atoms with van der Waals surface area (Å²) in [6.07, 6.45) is 8.53. The predicted octanol–water partition coefficient (Wildman–Crippen LogP) is 2.89. The number of amides is 2. The standard InChI is InChI=1S/C20H29N5O/c1-23-13-6-5-9-18(23)11-15-24(2)20(26)21-16-17-8-3-4-10-19(17)25-14-7-12-22-25/h3-4,7-8,10,12,14,18H,5-6,9,11,13,15-16H2,1-2H3,(H,21,26). The monoisotopic (exact) mass is 355 g/mol. The van der Waals surface area contributed by atoms with Gasteiger partial charge in [-0.1, -0.05) is 24.6 Å². The normalized spacial score (nSPS) is 17.8. The molecular formula is C20H29N5O. The van der Waals surface area contributed by atoms with Gasteiger partial charge in [0.1, 0.15) is 0 Å². The SMILES string of the molecule is CN(CCC1CCCCN1C)C(=O)NCc1ccccc1-n1cccn1. The molecule has 2 amide bonds. The molecule has 140 valence electrons. The summed E-state index contributed by atoms with van der Waals surface area (Å²) in [7, 11) is 4.06. The van der Waals surface area contributed by atoms with Crippen LogP contribution in [-0.4, -0.2) is 58.8 Å². The fourth-order valence-corrected chi connectivity index (χ4v) is 3.55. The third-order valence-electron chi connectivity index (χ3n) is 5.24. The zero-order valence-electron chi connectivity index (χ0n) is 15.8. The Morgan fingerprint density at radius 2 is 2.15 bits per heavy atom. The van der Waals surface area contributed by atoms with Crippen LogP contribution in [0.25, 0.3) is 5.69 Å². The summed E-state index contributed by atoms with van der Waals surface area (Å²) < 4.78 is 1.82. The van der Waals surface area contributed by atoms with Gasteiger partial charge in [0.05, 0.1) is 5.69 Å². The molecule has 0 radical (unpaired) electrons. The van der Waals surface area contributed by atoms with Crippen molar-refractivity contribution in [3.8, 4) is 5.69 Å². The van der Waals surface area contributed by atoms with Gasteiger partial charge in [0.25, 0.3) is 0 Å². The van der Waals surface area contributed by atoms with E-state index in [1.54, 1.807) is 11.1 Å². The largest absolute Gasteiger partial charge is 0.334 e. The molecule has 1 aliphatic heterocycles. The first-order chi connectivity index (χ1) is 12.6. The molecule has 3 rings (SSSR count). The highest BCUT2D eigenvalue weighted by Crippen LogP contribution is 2.18. The number of benzene rings is 1. The fourth-order valence-electron chi connectivity index (χ4n) is 3.55. The number of carbonyl (C=O) groups excluding carboxylic acids is 1. The van der Waals surface area contributed by atoms with Crippen LogP contribution < -0.4 is 5.32 Å². The predicted molar refractivity (Wildman–Crippen MR) is 103 cm³/mol. The number of nitrogens with zero attached hydrogens (tertiary/aromatic N) is 4. The van der Waals surface area contributed by atoms with Gasteiger partial charge in [0.15, 0.2) is 0 Å². The van der Waals surface area contributed by atoms with Gasteiger partial charge in [-0.3, -0.25) is 0 Å². The van der Waals surface area contributed by atoms with E-state index in [2.05, 4.69) is 22.4 Å². The third kappa shape index (κ3) is 4.64. The van der Waals surface area contributed by atoms with Crippen molar-refractivity contribution in [1.29, 1.82) is 0 Å². The summed E-state index contributed by atoms with van der Waals surface area (Å²) in [6, 6.07) is 10.5. The van der Waals surface area contributed by atoms with E-state index < -0.39 is 0 Å². The van der Waals surface area contributed by atoms with Gasteiger partial charge in [0.2, 0.25) is 0 Å². The van der Waals surface area contributed by atoms with Gasteiger partial charge >= 0.3 is 6.03 Å². The van der Waals surface area contributed by atoms with Crippen molar-refractivity contribution >= 4 is 6.03 Å². The van der Waals surface area contributed by atoms with Crippen LogP contribution in [0.2, 0.25) is 0 Å². The lowest BCUT2D eigenvalue weighted by atomic mass is 10.00. The smallest absolute Gasteiger partial charge is 0.317 e. The minimum atomic E-state index is -0.0290. The Morgan fingerprint density at radius 1 is 1.31 bits per heavy atom. The van der Waals surface area contributed by atoms with Gasteiger partial charge in [-0.2, -0.15) is 5.10 Å². The Bertz CT molecular complexity index is 700. The first-order valence-electron chi connectivity index (χ1n) is 9.42. The lowest BCUT2D eigenvalue weighted by Crippen LogP contribution is -2.42. The number of carbonyl (C=O) groups is 1. The molecule has 1 aromatic heterocycles. The summed E-state index contributed by atoms with van der Waals surface area (Å²) in [6.45, 7) is 2.44. The number of piperidine rings is 1. The summed E-state index contributed by atoms with van der Waals surface area (Å²) in [5, 5.41) is 7.32. The number of likely N-dealkylation sites (tertiary alicyclic amines) is 1. The average Bonchev–Trinajstić information content (AvgIpc) is 3.20. The maximum absolute atomic E-state index is 12.4. The maximum Gasteiger partial charge on any atom is 0.317 e. The van der Waals surface area contributed by atoms with E-state index in [-0.39, 0.29) is 6.03 Å². The number of aromatic nitrogens is 2. The summed E-state index contributed by atoms with van der Waals surface area (Å²) >= 11 is 0. The van der Waals surface area contributed by atoms with E-state index >= 15 is 0 Å². The summed E-state index contributed by atoms with van der Waals surface area (Å²) in [5.74, 6) is 0. The van der Waals surface area contributed by atoms with Crippen LogP contribution in [0.5, 0.6) is 0 Å². The van der Waals surface area contributed by atoms with Gasteiger partial charge in [-0.25, -0.2) is 9.48 Å². The molecule has 6 heteroatoms. The van der Waals surface area contributed by atoms with E-state index in [0.717, 1.165) is 24.2 Å². The molecule has 26 heavy (non-hydrogen) atoms. The Labute approximate surface area is 155 Å². The van der Waals surface area contributed by atoms with Crippen LogP contribution in [0.1, 0.15) is 31.2 Å². The van der Waals surface area contributed by atoms with E-state index in [0.29, 0.717) is 12.6 Å². The molecule has 1 fully saturated rings. The van der Waals surface area contributed by atoms with E-state index in [9.17, 15) is 4.79 Å². The highest BCUT2D eigenvalue weighted by molar-refractivity contribution is 5.73. The lowest BCUT2D eigenvalue weighted by Gasteiger charge is -2.33. The second-order valence-corrected chi connectivity index (χ2v) is 7.08. The van der Waals surface area contributed by atoms with Crippen LogP contribution in [0.4, 0.5) is 4.79 Å². The highest BCUT2D eigenvalue weighted by Gasteiger charge is 2.20. The van der Waals surface area contributed by atoms with E-state index in [1.807, 2.05) is 48.3 Å².